The van der Waals surface area contributed by atoms with Gasteiger partial charge in [0, 0.05) is 13.1 Å². The summed E-state index contributed by atoms with van der Waals surface area (Å²) in [5, 5.41) is 0. The van der Waals surface area contributed by atoms with Gasteiger partial charge in [-0.3, -0.25) is 4.79 Å². The third-order valence-corrected chi connectivity index (χ3v) is 4.01. The zero-order valence-corrected chi connectivity index (χ0v) is 11.5. The Morgan fingerprint density at radius 1 is 1.35 bits per heavy atom. The van der Waals surface area contributed by atoms with E-state index in [0.717, 1.165) is 43.4 Å². The van der Waals surface area contributed by atoms with Crippen molar-refractivity contribution in [3.05, 3.63) is 43.2 Å². The lowest BCUT2D eigenvalue weighted by molar-refractivity contribution is -0.126. The summed E-state index contributed by atoms with van der Waals surface area (Å²) in [5.74, 6) is 0.0290. The summed E-state index contributed by atoms with van der Waals surface area (Å²) in [6.07, 6.45) is 6.59. The maximum atomic E-state index is 11.9. The van der Waals surface area contributed by atoms with Crippen LogP contribution < -0.4 is 0 Å². The molecule has 104 valence electrons. The average Bonchev–Trinajstić information content (AvgIpc) is 2.76. The van der Waals surface area contributed by atoms with E-state index < -0.39 is 0 Å². The number of fused-ring (bicyclic) bond motifs is 1. The lowest BCUT2D eigenvalue weighted by Crippen LogP contribution is -2.34. The highest BCUT2D eigenvalue weighted by molar-refractivity contribution is 5.87. The number of imidazole rings is 1. The number of carbonyl (C=O) groups is 1. The summed E-state index contributed by atoms with van der Waals surface area (Å²) in [6, 6.07) is 8.44. The molecule has 0 unspecified atom stereocenters. The van der Waals surface area contributed by atoms with E-state index in [2.05, 4.69) is 22.2 Å². The Morgan fingerprint density at radius 2 is 2.20 bits per heavy atom. The highest BCUT2D eigenvalue weighted by Gasteiger charge is 2.22. The number of rotatable bonds is 2. The van der Waals surface area contributed by atoms with Gasteiger partial charge in [0.25, 0.3) is 0 Å². The lowest BCUT2D eigenvalue weighted by atomic mass is 10.1. The second-order valence-electron chi connectivity index (χ2n) is 5.28. The summed E-state index contributed by atoms with van der Waals surface area (Å²) in [7, 11) is 0. The monoisotopic (exact) mass is 269 g/mol. The molecule has 0 bridgehead atoms. The predicted molar refractivity (Wildman–Crippen MR) is 79.4 cm³/mol. The molecule has 1 aliphatic heterocycles. The molecule has 0 radical (unpaired) electrons. The van der Waals surface area contributed by atoms with E-state index in [1.54, 1.807) is 0 Å². The Balaban J connectivity index is 1.91. The molecule has 2 aromatic rings. The lowest BCUT2D eigenvalue weighted by Gasteiger charge is -2.24. The first kappa shape index (κ1) is 12.9. The normalized spacial score (nSPS) is 19.8. The van der Waals surface area contributed by atoms with Crippen LogP contribution in [0, 0.1) is 0 Å². The zero-order valence-electron chi connectivity index (χ0n) is 11.5. The van der Waals surface area contributed by atoms with Gasteiger partial charge in [0.1, 0.15) is 0 Å². The van der Waals surface area contributed by atoms with Gasteiger partial charge in [-0.2, -0.15) is 0 Å². The highest BCUT2D eigenvalue weighted by Crippen LogP contribution is 2.25. The van der Waals surface area contributed by atoms with Gasteiger partial charge in [-0.15, -0.1) is 0 Å². The topological polar surface area (TPSA) is 38.1 Å². The van der Waals surface area contributed by atoms with E-state index in [4.69, 9.17) is 0 Å². The molecule has 0 aliphatic carbocycles. The number of aromatic nitrogens is 2. The number of amides is 1. The average molecular weight is 269 g/mol. The first-order valence-corrected chi connectivity index (χ1v) is 7.12. The van der Waals surface area contributed by atoms with Crippen molar-refractivity contribution in [2.75, 3.05) is 13.1 Å². The molecule has 1 atom stereocenters. The number of para-hydroxylation sites is 2. The van der Waals surface area contributed by atoms with E-state index in [-0.39, 0.29) is 5.91 Å². The molecule has 1 aromatic carbocycles. The fourth-order valence-electron chi connectivity index (χ4n) is 2.95. The molecular formula is C16H19N3O. The van der Waals surface area contributed by atoms with Gasteiger partial charge in [-0.05, 0) is 37.5 Å². The minimum atomic E-state index is 0.0290. The maximum absolute atomic E-state index is 11.9. The van der Waals surface area contributed by atoms with Crippen molar-refractivity contribution in [1.82, 2.24) is 14.5 Å². The summed E-state index contributed by atoms with van der Waals surface area (Å²) >= 11 is 0. The van der Waals surface area contributed by atoms with Crippen molar-refractivity contribution in [2.45, 2.75) is 25.3 Å². The second-order valence-corrected chi connectivity index (χ2v) is 5.28. The highest BCUT2D eigenvalue weighted by atomic mass is 16.2. The van der Waals surface area contributed by atoms with Crippen LogP contribution in [0.4, 0.5) is 0 Å². The van der Waals surface area contributed by atoms with E-state index in [9.17, 15) is 4.79 Å². The van der Waals surface area contributed by atoms with Crippen LogP contribution in [-0.2, 0) is 4.79 Å². The van der Waals surface area contributed by atoms with Crippen LogP contribution in [0.25, 0.3) is 11.0 Å². The fraction of sp³-hybridized carbons (Fsp3) is 0.375. The van der Waals surface area contributed by atoms with E-state index in [1.165, 1.54) is 6.08 Å². The van der Waals surface area contributed by atoms with Gasteiger partial charge in [0.05, 0.1) is 23.4 Å². The molecular weight excluding hydrogens is 250 g/mol. The first-order chi connectivity index (χ1) is 9.79. The van der Waals surface area contributed by atoms with Crippen LogP contribution in [0.3, 0.4) is 0 Å². The van der Waals surface area contributed by atoms with Crippen LogP contribution in [-0.4, -0.2) is 33.4 Å². The Kier molecular flexibility index (Phi) is 3.54. The number of hydrogen-bond acceptors (Lipinski definition) is 2. The number of nitrogens with zero attached hydrogens (tertiary/aromatic N) is 3. The van der Waals surface area contributed by atoms with Gasteiger partial charge >= 0.3 is 0 Å². The smallest absolute Gasteiger partial charge is 0.246 e. The fourth-order valence-corrected chi connectivity index (χ4v) is 2.95. The second kappa shape index (κ2) is 5.49. The largest absolute Gasteiger partial charge is 0.337 e. The van der Waals surface area contributed by atoms with Crippen molar-refractivity contribution >= 4 is 16.9 Å². The van der Waals surface area contributed by atoms with Crippen LogP contribution in [0.15, 0.2) is 43.2 Å². The number of benzene rings is 1. The molecule has 0 saturated carbocycles. The third-order valence-electron chi connectivity index (χ3n) is 4.01. The molecule has 2 heterocycles. The van der Waals surface area contributed by atoms with Crippen molar-refractivity contribution in [3.63, 3.8) is 0 Å². The van der Waals surface area contributed by atoms with Gasteiger partial charge in [-0.1, -0.05) is 18.7 Å². The first-order valence-electron chi connectivity index (χ1n) is 7.12. The van der Waals surface area contributed by atoms with Gasteiger partial charge in [0.15, 0.2) is 0 Å². The zero-order chi connectivity index (χ0) is 13.9. The quantitative estimate of drug-likeness (QED) is 0.786. The molecule has 1 amide bonds. The van der Waals surface area contributed by atoms with Gasteiger partial charge in [-0.25, -0.2) is 4.98 Å². The molecule has 4 nitrogen and oxygen atoms in total. The molecule has 0 N–H and O–H groups in total. The molecule has 1 aromatic heterocycles. The molecule has 1 aliphatic rings. The molecule has 4 heteroatoms. The van der Waals surface area contributed by atoms with Crippen LogP contribution in [0.1, 0.15) is 25.3 Å². The standard InChI is InChI=1S/C16H19N3O/c1-2-16(20)18-10-6-5-7-13(11-18)19-12-17-14-8-3-4-9-15(14)19/h2-4,8-9,12-13H,1,5-7,10-11H2/t13-/m0/s1. The molecule has 1 fully saturated rings. The van der Waals surface area contributed by atoms with Crippen molar-refractivity contribution < 1.29 is 4.79 Å². The van der Waals surface area contributed by atoms with Gasteiger partial charge in [0.2, 0.25) is 5.91 Å². The van der Waals surface area contributed by atoms with E-state index >= 15 is 0 Å². The third kappa shape index (κ3) is 2.33. The van der Waals surface area contributed by atoms with Crippen LogP contribution in [0.2, 0.25) is 0 Å². The van der Waals surface area contributed by atoms with E-state index in [0.29, 0.717) is 6.04 Å². The van der Waals surface area contributed by atoms with Crippen molar-refractivity contribution in [2.24, 2.45) is 0 Å². The van der Waals surface area contributed by atoms with Crippen molar-refractivity contribution in [1.29, 1.82) is 0 Å². The molecule has 0 spiro atoms. The van der Waals surface area contributed by atoms with Crippen LogP contribution in [0.5, 0.6) is 0 Å². The Labute approximate surface area is 118 Å². The van der Waals surface area contributed by atoms with Crippen molar-refractivity contribution in [3.8, 4) is 0 Å². The van der Waals surface area contributed by atoms with Gasteiger partial charge < -0.3 is 9.47 Å². The minimum absolute atomic E-state index is 0.0290. The summed E-state index contributed by atoms with van der Waals surface area (Å²) in [5.41, 5.74) is 2.16. The SMILES string of the molecule is C=CC(=O)N1CCCC[C@H](n2cnc3ccccc32)C1. The summed E-state index contributed by atoms with van der Waals surface area (Å²) in [6.45, 7) is 5.16. The predicted octanol–water partition coefficient (Wildman–Crippen LogP) is 2.78. The van der Waals surface area contributed by atoms with E-state index in [1.807, 2.05) is 29.4 Å². The molecule has 1 saturated heterocycles. The Morgan fingerprint density at radius 3 is 3.05 bits per heavy atom. The molecule has 20 heavy (non-hydrogen) atoms. The maximum Gasteiger partial charge on any atom is 0.246 e. The Hall–Kier alpha value is -2.10. The summed E-state index contributed by atoms with van der Waals surface area (Å²) in [4.78, 5) is 18.2. The van der Waals surface area contributed by atoms with Crippen LogP contribution >= 0.6 is 0 Å². The minimum Gasteiger partial charge on any atom is -0.337 e. The number of carbonyl (C=O) groups excluding carboxylic acids is 1. The number of likely N-dealkylation sites (tertiary alicyclic amines) is 1. The Bertz CT molecular complexity index is 631. The summed E-state index contributed by atoms with van der Waals surface area (Å²) < 4.78 is 2.21. The number of hydrogen-bond donors (Lipinski definition) is 0. The molecule has 3 rings (SSSR count).